The Morgan fingerprint density at radius 3 is 2.36 bits per heavy atom. The molecule has 33 heavy (non-hydrogen) atoms. The Balaban J connectivity index is 1.91. The number of Topliss-reactive ketones (excluding diaryl/α,β-unsaturated/α-hetero) is 1. The number of amides is 1. The Labute approximate surface area is 192 Å². The van der Waals surface area contributed by atoms with Crippen molar-refractivity contribution in [3.8, 4) is 17.2 Å². The molecule has 2 aliphatic heterocycles. The summed E-state index contributed by atoms with van der Waals surface area (Å²) in [5.74, 6) is -0.599. The van der Waals surface area contributed by atoms with E-state index in [2.05, 4.69) is 0 Å². The minimum absolute atomic E-state index is 0.0333. The van der Waals surface area contributed by atoms with E-state index in [1.165, 1.54) is 19.1 Å². The number of nitrogens with zero attached hydrogens (tertiary/aromatic N) is 1. The van der Waals surface area contributed by atoms with Crippen molar-refractivity contribution in [2.45, 2.75) is 25.0 Å². The van der Waals surface area contributed by atoms with Gasteiger partial charge in [0.2, 0.25) is 0 Å². The van der Waals surface area contributed by atoms with Crippen molar-refractivity contribution in [1.29, 1.82) is 0 Å². The van der Waals surface area contributed by atoms with Gasteiger partial charge < -0.3 is 29.0 Å². The summed E-state index contributed by atoms with van der Waals surface area (Å²) in [5.41, 5.74) is 0.821. The molecule has 2 aliphatic rings. The van der Waals surface area contributed by atoms with E-state index in [1.807, 2.05) is 0 Å². The van der Waals surface area contributed by atoms with E-state index in [1.54, 1.807) is 49.6 Å². The summed E-state index contributed by atoms with van der Waals surface area (Å²) in [5, 5.41) is 11.4. The molecule has 2 unspecified atom stereocenters. The molecule has 2 saturated heterocycles. The number of aliphatic hydroxyl groups is 1. The lowest BCUT2D eigenvalue weighted by molar-refractivity contribution is -0.140. The number of hydrogen-bond acceptors (Lipinski definition) is 7. The fourth-order valence-corrected chi connectivity index (χ4v) is 4.45. The van der Waals surface area contributed by atoms with Crippen LogP contribution < -0.4 is 14.2 Å². The molecule has 2 atom stereocenters. The first-order valence-corrected chi connectivity index (χ1v) is 10.8. The van der Waals surface area contributed by atoms with Crippen LogP contribution in [0.4, 0.5) is 0 Å². The first kappa shape index (κ1) is 22.7. The normalized spacial score (nSPS) is 22.0. The second-order valence-corrected chi connectivity index (χ2v) is 7.90. The Hall–Kier alpha value is -3.52. The number of ether oxygens (including phenoxy) is 4. The van der Waals surface area contributed by atoms with E-state index in [0.717, 1.165) is 12.8 Å². The van der Waals surface area contributed by atoms with E-state index in [4.69, 9.17) is 18.9 Å². The molecule has 0 saturated carbocycles. The average molecular weight is 453 g/mol. The monoisotopic (exact) mass is 453 g/mol. The molecule has 2 aromatic rings. The van der Waals surface area contributed by atoms with E-state index in [0.29, 0.717) is 29.4 Å². The molecule has 8 nitrogen and oxygen atoms in total. The lowest BCUT2D eigenvalue weighted by atomic mass is 9.94. The van der Waals surface area contributed by atoms with E-state index in [9.17, 15) is 14.7 Å². The SMILES string of the molecule is COc1cccc(C2/C(=C(\O)c3c(OC)cccc3OC)C(=O)C(=O)N2CC2CCCO2)c1. The third-order valence-corrected chi connectivity index (χ3v) is 6.04. The lowest BCUT2D eigenvalue weighted by Crippen LogP contribution is -2.36. The fourth-order valence-electron chi connectivity index (χ4n) is 4.45. The van der Waals surface area contributed by atoms with E-state index in [-0.39, 0.29) is 29.5 Å². The van der Waals surface area contributed by atoms with Crippen molar-refractivity contribution in [3.63, 3.8) is 0 Å². The van der Waals surface area contributed by atoms with Gasteiger partial charge in [-0.15, -0.1) is 0 Å². The number of carbonyl (C=O) groups excluding carboxylic acids is 2. The maximum atomic E-state index is 13.3. The Morgan fingerprint density at radius 1 is 1.06 bits per heavy atom. The van der Waals surface area contributed by atoms with Gasteiger partial charge in [-0.25, -0.2) is 0 Å². The highest BCUT2D eigenvalue weighted by Gasteiger charge is 2.47. The lowest BCUT2D eigenvalue weighted by Gasteiger charge is -2.28. The molecule has 0 aliphatic carbocycles. The number of likely N-dealkylation sites (tertiary alicyclic amines) is 1. The second kappa shape index (κ2) is 9.54. The summed E-state index contributed by atoms with van der Waals surface area (Å²) in [6.45, 7) is 0.864. The minimum Gasteiger partial charge on any atom is -0.506 e. The molecule has 174 valence electrons. The van der Waals surface area contributed by atoms with Crippen molar-refractivity contribution in [2.24, 2.45) is 0 Å². The predicted molar refractivity (Wildman–Crippen MR) is 121 cm³/mol. The molecule has 2 aromatic carbocycles. The third kappa shape index (κ3) is 4.14. The summed E-state index contributed by atoms with van der Waals surface area (Å²) >= 11 is 0. The summed E-state index contributed by atoms with van der Waals surface area (Å²) in [7, 11) is 4.46. The zero-order valence-corrected chi connectivity index (χ0v) is 18.9. The molecule has 4 rings (SSSR count). The van der Waals surface area contributed by atoms with Crippen LogP contribution in [0.25, 0.3) is 5.76 Å². The average Bonchev–Trinajstić information content (AvgIpc) is 3.45. The van der Waals surface area contributed by atoms with Gasteiger partial charge in [-0.2, -0.15) is 0 Å². The fraction of sp³-hybridized carbons (Fsp3) is 0.360. The molecule has 0 radical (unpaired) electrons. The molecule has 0 aromatic heterocycles. The van der Waals surface area contributed by atoms with Crippen molar-refractivity contribution < 1.29 is 33.6 Å². The second-order valence-electron chi connectivity index (χ2n) is 7.90. The number of methoxy groups -OCH3 is 3. The molecular formula is C25H27NO7. The van der Waals surface area contributed by atoms with Crippen LogP contribution >= 0.6 is 0 Å². The first-order chi connectivity index (χ1) is 16.0. The standard InChI is InChI=1S/C25H27NO7/c1-30-16-8-4-7-15(13-16)22-21(23(27)20-18(31-2)10-5-11-19(20)32-3)24(28)25(29)26(22)14-17-9-6-12-33-17/h4-5,7-8,10-11,13,17,22,27H,6,9,12,14H2,1-3H3/b23-21+. The summed E-state index contributed by atoms with van der Waals surface area (Å²) in [6.07, 6.45) is 1.53. The van der Waals surface area contributed by atoms with Crippen LogP contribution in [0.3, 0.4) is 0 Å². The molecule has 2 heterocycles. The summed E-state index contributed by atoms with van der Waals surface area (Å²) in [6, 6.07) is 11.3. The number of aliphatic hydroxyl groups excluding tert-OH is 1. The van der Waals surface area contributed by atoms with E-state index < -0.39 is 17.7 Å². The van der Waals surface area contributed by atoms with Crippen molar-refractivity contribution in [1.82, 2.24) is 4.90 Å². The Morgan fingerprint density at radius 2 is 1.76 bits per heavy atom. The Kier molecular flexibility index (Phi) is 6.55. The number of carbonyl (C=O) groups is 2. The highest BCUT2D eigenvalue weighted by Crippen LogP contribution is 2.44. The van der Waals surface area contributed by atoms with Gasteiger partial charge in [-0.05, 0) is 42.7 Å². The van der Waals surface area contributed by atoms with Crippen LogP contribution in [0.1, 0.15) is 30.0 Å². The molecule has 0 bridgehead atoms. The van der Waals surface area contributed by atoms with Gasteiger partial charge in [0, 0.05) is 13.2 Å². The van der Waals surface area contributed by atoms with Crippen molar-refractivity contribution >= 4 is 17.4 Å². The Bertz CT molecular complexity index is 1070. The predicted octanol–water partition coefficient (Wildman–Crippen LogP) is 3.31. The smallest absolute Gasteiger partial charge is 0.295 e. The van der Waals surface area contributed by atoms with Gasteiger partial charge in [0.1, 0.15) is 28.6 Å². The van der Waals surface area contributed by atoms with Crippen LogP contribution in [0, 0.1) is 0 Å². The van der Waals surface area contributed by atoms with Crippen molar-refractivity contribution in [2.75, 3.05) is 34.5 Å². The van der Waals surface area contributed by atoms with Crippen LogP contribution in [0.2, 0.25) is 0 Å². The number of hydrogen-bond donors (Lipinski definition) is 1. The van der Waals surface area contributed by atoms with Gasteiger partial charge in [-0.3, -0.25) is 9.59 Å². The maximum Gasteiger partial charge on any atom is 0.295 e. The molecule has 0 spiro atoms. The van der Waals surface area contributed by atoms with Crippen LogP contribution in [0.5, 0.6) is 17.2 Å². The maximum absolute atomic E-state index is 13.3. The van der Waals surface area contributed by atoms with Crippen LogP contribution in [0.15, 0.2) is 48.0 Å². The zero-order valence-electron chi connectivity index (χ0n) is 18.9. The molecule has 8 heteroatoms. The summed E-state index contributed by atoms with van der Waals surface area (Å²) in [4.78, 5) is 27.9. The van der Waals surface area contributed by atoms with Gasteiger partial charge in [0.25, 0.3) is 11.7 Å². The van der Waals surface area contributed by atoms with Gasteiger partial charge in [-0.1, -0.05) is 18.2 Å². The van der Waals surface area contributed by atoms with Gasteiger partial charge >= 0.3 is 0 Å². The number of benzene rings is 2. The van der Waals surface area contributed by atoms with Crippen LogP contribution in [-0.2, 0) is 14.3 Å². The number of rotatable bonds is 7. The molecule has 1 N–H and O–H groups in total. The zero-order chi connectivity index (χ0) is 23.5. The van der Waals surface area contributed by atoms with Crippen LogP contribution in [-0.4, -0.2) is 62.3 Å². The topological polar surface area (TPSA) is 94.5 Å². The van der Waals surface area contributed by atoms with Crippen molar-refractivity contribution in [3.05, 3.63) is 59.2 Å². The molecular weight excluding hydrogens is 426 g/mol. The molecule has 1 amide bonds. The summed E-state index contributed by atoms with van der Waals surface area (Å²) < 4.78 is 21.9. The largest absolute Gasteiger partial charge is 0.506 e. The van der Waals surface area contributed by atoms with Gasteiger partial charge in [0.15, 0.2) is 0 Å². The highest BCUT2D eigenvalue weighted by molar-refractivity contribution is 6.46. The van der Waals surface area contributed by atoms with E-state index >= 15 is 0 Å². The molecule has 2 fully saturated rings. The quantitative estimate of drug-likeness (QED) is 0.390. The third-order valence-electron chi connectivity index (χ3n) is 6.04. The van der Waals surface area contributed by atoms with Gasteiger partial charge in [0.05, 0.1) is 39.0 Å². The number of ketones is 1. The minimum atomic E-state index is -0.820. The first-order valence-electron chi connectivity index (χ1n) is 10.8. The highest BCUT2D eigenvalue weighted by atomic mass is 16.5.